The quantitative estimate of drug-likeness (QED) is 0.0705. The van der Waals surface area contributed by atoms with E-state index in [-0.39, 0.29) is 42.3 Å². The Morgan fingerprint density at radius 2 is 1.27 bits per heavy atom. The fraction of sp³-hybridized carbons (Fsp3) is 0.276. The van der Waals surface area contributed by atoms with Crippen molar-refractivity contribution in [2.75, 3.05) is 6.73 Å². The topological polar surface area (TPSA) is 247 Å². The molecule has 3 aromatic carbocycles. The average Bonchev–Trinajstić information content (AvgIpc) is 3.31. The first-order valence-electron chi connectivity index (χ1n) is 13.3. The summed E-state index contributed by atoms with van der Waals surface area (Å²) >= 11 is 0. The van der Waals surface area contributed by atoms with E-state index in [2.05, 4.69) is 16.0 Å². The predicted molar refractivity (Wildman–Crippen MR) is 150 cm³/mol. The third kappa shape index (κ3) is 8.19. The number of hydrogen-bond donors (Lipinski definition) is 10. The van der Waals surface area contributed by atoms with Crippen LogP contribution in [0.2, 0.25) is 0 Å². The van der Waals surface area contributed by atoms with Crippen LogP contribution >= 0.6 is 0 Å². The number of aromatic hydroxyl groups is 6. The zero-order valence-electron chi connectivity index (χ0n) is 23.0. The summed E-state index contributed by atoms with van der Waals surface area (Å²) in [6.07, 6.45) is -1.29. The van der Waals surface area contributed by atoms with Crippen molar-refractivity contribution in [2.24, 2.45) is 0 Å². The molecule has 1 aliphatic rings. The van der Waals surface area contributed by atoms with Gasteiger partial charge in [0.2, 0.25) is 6.35 Å². The van der Waals surface area contributed by atoms with Crippen molar-refractivity contribution in [1.82, 2.24) is 16.0 Å². The van der Waals surface area contributed by atoms with Crippen LogP contribution < -0.4 is 16.0 Å². The Morgan fingerprint density at radius 1 is 0.773 bits per heavy atom. The summed E-state index contributed by atoms with van der Waals surface area (Å²) in [6.45, 7) is -0.538. The number of rotatable bonds is 13. The maximum atomic E-state index is 13.1. The summed E-state index contributed by atoms with van der Waals surface area (Å²) in [6, 6.07) is 8.56. The molecule has 3 unspecified atom stereocenters. The van der Waals surface area contributed by atoms with Crippen LogP contribution in [0.4, 0.5) is 0 Å². The first-order valence-corrected chi connectivity index (χ1v) is 13.3. The zero-order valence-corrected chi connectivity index (χ0v) is 23.0. The molecule has 0 saturated carbocycles. The van der Waals surface area contributed by atoms with E-state index in [1.54, 1.807) is 0 Å². The van der Waals surface area contributed by atoms with Gasteiger partial charge in [0.05, 0.1) is 0 Å². The standard InChI is InChI=1S/C29H31N3O12/c33-20-4-1-14(10-23(20)36)7-17(26(39)40)30-13-43-27(41)18(8-15-2-5-21(34)24(37)11-15)31-29-32-19(28(42)44-29)9-16-3-6-22(35)25(38)12-16/h1-6,10-12,17-19,29-38H,7-9,13H2,(H,39,40)/t17?,18?,19?,29-/m1/s1. The molecule has 15 nitrogen and oxygen atoms in total. The lowest BCUT2D eigenvalue weighted by Gasteiger charge is -2.22. The maximum Gasteiger partial charge on any atom is 0.326 e. The third-order valence-electron chi connectivity index (χ3n) is 6.79. The number of phenols is 6. The minimum Gasteiger partial charge on any atom is -0.504 e. The lowest BCUT2D eigenvalue weighted by molar-refractivity contribution is -0.152. The number of carbonyl (C=O) groups is 3. The minimum absolute atomic E-state index is 0.0884. The third-order valence-corrected chi connectivity index (χ3v) is 6.79. The molecule has 4 rings (SSSR count). The highest BCUT2D eigenvalue weighted by Crippen LogP contribution is 2.28. The second kappa shape index (κ2) is 13.8. The van der Waals surface area contributed by atoms with Gasteiger partial charge in [-0.1, -0.05) is 18.2 Å². The summed E-state index contributed by atoms with van der Waals surface area (Å²) in [7, 11) is 0. The van der Waals surface area contributed by atoms with Crippen molar-refractivity contribution in [1.29, 1.82) is 0 Å². The van der Waals surface area contributed by atoms with Gasteiger partial charge in [0.15, 0.2) is 34.5 Å². The summed E-state index contributed by atoms with van der Waals surface area (Å²) < 4.78 is 10.6. The maximum absolute atomic E-state index is 13.1. The van der Waals surface area contributed by atoms with Gasteiger partial charge < -0.3 is 45.2 Å². The van der Waals surface area contributed by atoms with Crippen LogP contribution in [0.15, 0.2) is 54.6 Å². The highest BCUT2D eigenvalue weighted by atomic mass is 16.6. The number of cyclic esters (lactones) is 1. The zero-order chi connectivity index (χ0) is 32.0. The van der Waals surface area contributed by atoms with Crippen LogP contribution in [0.1, 0.15) is 16.7 Å². The molecule has 234 valence electrons. The predicted octanol–water partition coefficient (Wildman–Crippen LogP) is 0.248. The van der Waals surface area contributed by atoms with E-state index in [0.29, 0.717) is 16.7 Å². The van der Waals surface area contributed by atoms with Gasteiger partial charge in [-0.25, -0.2) is 0 Å². The van der Waals surface area contributed by atoms with Crippen LogP contribution in [0.25, 0.3) is 0 Å². The van der Waals surface area contributed by atoms with Crippen molar-refractivity contribution >= 4 is 17.9 Å². The Kier molecular flexibility index (Phi) is 9.95. The summed E-state index contributed by atoms with van der Waals surface area (Å²) in [5.41, 5.74) is 1.32. The number of esters is 2. The fourth-order valence-electron chi connectivity index (χ4n) is 4.46. The van der Waals surface area contributed by atoms with Crippen molar-refractivity contribution in [3.05, 3.63) is 71.3 Å². The van der Waals surface area contributed by atoms with Crippen LogP contribution in [-0.4, -0.2) is 84.9 Å². The smallest absolute Gasteiger partial charge is 0.326 e. The lowest BCUT2D eigenvalue weighted by Crippen LogP contribution is -2.52. The van der Waals surface area contributed by atoms with Gasteiger partial charge in [-0.3, -0.25) is 30.3 Å². The number of carbonyl (C=O) groups excluding carboxylic acids is 2. The van der Waals surface area contributed by atoms with Crippen LogP contribution in [-0.2, 0) is 43.1 Å². The lowest BCUT2D eigenvalue weighted by atomic mass is 10.0. The van der Waals surface area contributed by atoms with E-state index in [1.165, 1.54) is 54.6 Å². The van der Waals surface area contributed by atoms with Gasteiger partial charge in [0, 0.05) is 0 Å². The Labute approximate surface area is 249 Å². The normalized spacial score (nSPS) is 17.5. The van der Waals surface area contributed by atoms with Crippen LogP contribution in [0, 0.1) is 0 Å². The molecule has 3 aromatic rings. The van der Waals surface area contributed by atoms with Gasteiger partial charge >= 0.3 is 17.9 Å². The number of hydrogen-bond acceptors (Lipinski definition) is 14. The van der Waals surface area contributed by atoms with Gasteiger partial charge in [-0.2, -0.15) is 0 Å². The fourth-order valence-corrected chi connectivity index (χ4v) is 4.46. The largest absolute Gasteiger partial charge is 0.504 e. The first-order chi connectivity index (χ1) is 20.9. The summed E-state index contributed by atoms with van der Waals surface area (Å²) in [5, 5.41) is 75.8. The molecular formula is C29H31N3O12. The van der Waals surface area contributed by atoms with Crippen molar-refractivity contribution < 1.29 is 59.6 Å². The van der Waals surface area contributed by atoms with E-state index in [9.17, 15) is 50.1 Å². The van der Waals surface area contributed by atoms with E-state index in [4.69, 9.17) is 9.47 Å². The molecule has 0 amide bonds. The Bertz CT molecular complexity index is 1530. The average molecular weight is 614 g/mol. The summed E-state index contributed by atoms with van der Waals surface area (Å²) in [4.78, 5) is 37.4. The molecule has 0 spiro atoms. The Balaban J connectivity index is 1.41. The minimum atomic E-state index is -1.27. The second-order valence-electron chi connectivity index (χ2n) is 10.0. The Hall–Kier alpha value is -5.25. The van der Waals surface area contributed by atoms with Crippen molar-refractivity contribution in [3.63, 3.8) is 0 Å². The van der Waals surface area contributed by atoms with Crippen LogP contribution in [0.5, 0.6) is 34.5 Å². The van der Waals surface area contributed by atoms with Crippen molar-refractivity contribution in [2.45, 2.75) is 43.7 Å². The number of benzene rings is 3. The van der Waals surface area contributed by atoms with Crippen LogP contribution in [0.3, 0.4) is 0 Å². The number of ether oxygens (including phenoxy) is 2. The monoisotopic (exact) mass is 613 g/mol. The molecule has 0 aliphatic carbocycles. The molecule has 0 radical (unpaired) electrons. The number of carboxylic acids is 1. The van der Waals surface area contributed by atoms with Gasteiger partial charge in [-0.15, -0.1) is 0 Å². The molecule has 10 N–H and O–H groups in total. The molecule has 0 bridgehead atoms. The van der Waals surface area contributed by atoms with Gasteiger partial charge in [-0.05, 0) is 72.4 Å². The Morgan fingerprint density at radius 3 is 1.80 bits per heavy atom. The van der Waals surface area contributed by atoms with E-state index >= 15 is 0 Å². The molecule has 0 aromatic heterocycles. The second-order valence-corrected chi connectivity index (χ2v) is 10.0. The van der Waals surface area contributed by atoms with E-state index in [0.717, 1.165) is 0 Å². The molecule has 4 atom stereocenters. The molecule has 1 fully saturated rings. The molecule has 1 heterocycles. The molecular weight excluding hydrogens is 582 g/mol. The number of carboxylic acid groups (broad SMARTS) is 1. The number of nitrogens with one attached hydrogen (secondary N) is 3. The number of aliphatic carboxylic acids is 1. The van der Waals surface area contributed by atoms with E-state index < -0.39 is 60.6 Å². The SMILES string of the molecule is O=C(O)C(Cc1ccc(O)c(O)c1)NCOC(=O)C(Cc1ccc(O)c(O)c1)N[C@@H]1NC(Cc2ccc(O)c(O)c2)C(=O)O1. The molecule has 1 aliphatic heterocycles. The van der Waals surface area contributed by atoms with Gasteiger partial charge in [0.25, 0.3) is 0 Å². The molecule has 1 saturated heterocycles. The first kappa shape index (κ1) is 31.7. The molecule has 15 heteroatoms. The summed E-state index contributed by atoms with van der Waals surface area (Å²) in [5.74, 6) is -5.06. The van der Waals surface area contributed by atoms with Crippen molar-refractivity contribution in [3.8, 4) is 34.5 Å². The van der Waals surface area contributed by atoms with Gasteiger partial charge in [0.1, 0.15) is 24.9 Å². The molecule has 44 heavy (non-hydrogen) atoms. The highest BCUT2D eigenvalue weighted by Gasteiger charge is 2.36. The number of phenolic OH excluding ortho intramolecular Hbond substituents is 6. The van der Waals surface area contributed by atoms with E-state index in [1.807, 2.05) is 0 Å². The highest BCUT2D eigenvalue weighted by molar-refractivity contribution is 5.79.